The lowest BCUT2D eigenvalue weighted by atomic mass is 10.0. The molecule has 0 unspecified atom stereocenters. The number of hydrogen-bond donors (Lipinski definition) is 1. The van der Waals surface area contributed by atoms with Crippen LogP contribution in [0.15, 0.2) is 17.9 Å². The fourth-order valence-electron chi connectivity index (χ4n) is 2.46. The number of thiazole rings is 1. The molecule has 5 nitrogen and oxygen atoms in total. The van der Waals surface area contributed by atoms with Gasteiger partial charge in [0.15, 0.2) is 0 Å². The second-order valence-electron chi connectivity index (χ2n) is 4.84. The number of aryl methyl sites for hydroxylation is 1. The van der Waals surface area contributed by atoms with Gasteiger partial charge in [-0.15, -0.1) is 11.3 Å². The molecule has 102 valence electrons. The Morgan fingerprint density at radius 1 is 1.53 bits per heavy atom. The number of nitrogens with zero attached hydrogens (tertiary/aromatic N) is 3. The van der Waals surface area contributed by atoms with Crippen molar-refractivity contribution in [2.24, 2.45) is 7.05 Å². The quantitative estimate of drug-likeness (QED) is 0.926. The van der Waals surface area contributed by atoms with Gasteiger partial charge in [-0.05, 0) is 13.3 Å². The summed E-state index contributed by atoms with van der Waals surface area (Å²) in [6.07, 6.45) is 4.99. The first-order chi connectivity index (χ1) is 9.25. The molecule has 0 bridgehead atoms. The maximum atomic E-state index is 5.89. The van der Waals surface area contributed by atoms with Crippen LogP contribution >= 0.6 is 11.3 Å². The SMILES string of the molecule is Cc1c([C@H]2OCC[C@@H]2NCc2cncs2)cnn1C. The molecule has 2 aromatic heterocycles. The van der Waals surface area contributed by atoms with Crippen LogP contribution in [0, 0.1) is 6.92 Å². The highest BCUT2D eigenvalue weighted by molar-refractivity contribution is 7.09. The second-order valence-corrected chi connectivity index (χ2v) is 5.82. The highest BCUT2D eigenvalue weighted by Gasteiger charge is 2.31. The Labute approximate surface area is 116 Å². The predicted octanol–water partition coefficient (Wildman–Crippen LogP) is 1.80. The highest BCUT2D eigenvalue weighted by atomic mass is 32.1. The van der Waals surface area contributed by atoms with E-state index >= 15 is 0 Å². The molecule has 1 saturated heterocycles. The van der Waals surface area contributed by atoms with Crippen molar-refractivity contribution in [3.8, 4) is 0 Å². The van der Waals surface area contributed by atoms with Crippen LogP contribution in [0.2, 0.25) is 0 Å². The lowest BCUT2D eigenvalue weighted by molar-refractivity contribution is 0.0979. The Morgan fingerprint density at radius 3 is 3.11 bits per heavy atom. The van der Waals surface area contributed by atoms with Crippen LogP contribution in [-0.2, 0) is 18.3 Å². The van der Waals surface area contributed by atoms with Crippen LogP contribution in [0.3, 0.4) is 0 Å². The first-order valence-corrected chi connectivity index (χ1v) is 7.34. The van der Waals surface area contributed by atoms with E-state index in [1.165, 1.54) is 16.1 Å². The Kier molecular flexibility index (Phi) is 3.63. The van der Waals surface area contributed by atoms with E-state index in [9.17, 15) is 0 Å². The zero-order valence-electron chi connectivity index (χ0n) is 11.2. The number of ether oxygens (including phenoxy) is 1. The molecule has 3 heterocycles. The van der Waals surface area contributed by atoms with Crippen molar-refractivity contribution in [3.05, 3.63) is 34.0 Å². The molecular weight excluding hydrogens is 260 g/mol. The average Bonchev–Trinajstić information content (AvgIpc) is 3.11. The monoisotopic (exact) mass is 278 g/mol. The molecule has 3 rings (SSSR count). The third-order valence-corrected chi connectivity index (χ3v) is 4.47. The van der Waals surface area contributed by atoms with Gasteiger partial charge in [-0.2, -0.15) is 5.10 Å². The zero-order valence-corrected chi connectivity index (χ0v) is 12.0. The first kappa shape index (κ1) is 12.8. The third kappa shape index (κ3) is 2.56. The van der Waals surface area contributed by atoms with Crippen molar-refractivity contribution in [2.75, 3.05) is 6.61 Å². The summed E-state index contributed by atoms with van der Waals surface area (Å²) in [7, 11) is 1.97. The molecule has 0 radical (unpaired) electrons. The van der Waals surface area contributed by atoms with Crippen LogP contribution in [0.25, 0.3) is 0 Å². The largest absolute Gasteiger partial charge is 0.372 e. The van der Waals surface area contributed by atoms with E-state index < -0.39 is 0 Å². The standard InChI is InChI=1S/C13H18N4OS/c1-9-11(7-16-17(9)2)13-12(3-4-18-13)15-6-10-5-14-8-19-10/h5,7-8,12-13,15H,3-4,6H2,1-2H3/t12-,13+/m0/s1. The molecule has 2 aromatic rings. The van der Waals surface area contributed by atoms with Gasteiger partial charge >= 0.3 is 0 Å². The van der Waals surface area contributed by atoms with Gasteiger partial charge < -0.3 is 10.1 Å². The maximum Gasteiger partial charge on any atom is 0.101 e. The Bertz CT molecular complexity index is 537. The van der Waals surface area contributed by atoms with Crippen LogP contribution in [0.4, 0.5) is 0 Å². The Hall–Kier alpha value is -1.24. The van der Waals surface area contributed by atoms with Crippen LogP contribution < -0.4 is 5.32 Å². The van der Waals surface area contributed by atoms with Gasteiger partial charge in [-0.25, -0.2) is 0 Å². The smallest absolute Gasteiger partial charge is 0.101 e. The molecular formula is C13H18N4OS. The van der Waals surface area contributed by atoms with Crippen molar-refractivity contribution >= 4 is 11.3 Å². The molecule has 0 amide bonds. The molecule has 2 atom stereocenters. The minimum Gasteiger partial charge on any atom is -0.372 e. The molecule has 6 heteroatoms. The van der Waals surface area contributed by atoms with E-state index in [2.05, 4.69) is 22.3 Å². The molecule has 1 aliphatic rings. The van der Waals surface area contributed by atoms with Gasteiger partial charge in [0, 0.05) is 48.6 Å². The van der Waals surface area contributed by atoms with E-state index in [1.54, 1.807) is 11.3 Å². The number of aromatic nitrogens is 3. The van der Waals surface area contributed by atoms with Gasteiger partial charge in [0.2, 0.25) is 0 Å². The Balaban J connectivity index is 1.69. The van der Waals surface area contributed by atoms with Gasteiger partial charge in [0.1, 0.15) is 6.10 Å². The Morgan fingerprint density at radius 2 is 2.42 bits per heavy atom. The molecule has 0 aromatic carbocycles. The summed E-state index contributed by atoms with van der Waals surface area (Å²) < 4.78 is 7.79. The normalized spacial score (nSPS) is 23.1. The lowest BCUT2D eigenvalue weighted by Gasteiger charge is -2.19. The number of rotatable bonds is 4. The lowest BCUT2D eigenvalue weighted by Crippen LogP contribution is -2.31. The second kappa shape index (κ2) is 5.40. The first-order valence-electron chi connectivity index (χ1n) is 6.46. The van der Waals surface area contributed by atoms with E-state index in [0.717, 1.165) is 19.6 Å². The molecule has 0 spiro atoms. The van der Waals surface area contributed by atoms with Crippen LogP contribution in [-0.4, -0.2) is 27.4 Å². The van der Waals surface area contributed by atoms with Crippen molar-refractivity contribution in [1.29, 1.82) is 0 Å². The number of hydrogen-bond acceptors (Lipinski definition) is 5. The van der Waals surface area contributed by atoms with Gasteiger partial charge in [0.25, 0.3) is 0 Å². The van der Waals surface area contributed by atoms with Gasteiger partial charge in [-0.1, -0.05) is 0 Å². The molecule has 1 N–H and O–H groups in total. The number of nitrogens with one attached hydrogen (secondary N) is 1. The minimum absolute atomic E-state index is 0.113. The molecule has 19 heavy (non-hydrogen) atoms. The van der Waals surface area contributed by atoms with Crippen molar-refractivity contribution in [1.82, 2.24) is 20.1 Å². The summed E-state index contributed by atoms with van der Waals surface area (Å²) in [5, 5.41) is 7.88. The minimum atomic E-state index is 0.113. The summed E-state index contributed by atoms with van der Waals surface area (Å²) in [5.74, 6) is 0. The molecule has 1 aliphatic heterocycles. The summed E-state index contributed by atoms with van der Waals surface area (Å²) >= 11 is 1.68. The fourth-order valence-corrected chi connectivity index (χ4v) is 3.01. The fraction of sp³-hybridized carbons (Fsp3) is 0.538. The van der Waals surface area contributed by atoms with Crippen molar-refractivity contribution in [3.63, 3.8) is 0 Å². The summed E-state index contributed by atoms with van der Waals surface area (Å²) in [6.45, 7) is 3.75. The van der Waals surface area contributed by atoms with E-state index in [4.69, 9.17) is 4.74 Å². The molecule has 1 fully saturated rings. The van der Waals surface area contributed by atoms with Crippen molar-refractivity contribution < 1.29 is 4.74 Å². The van der Waals surface area contributed by atoms with E-state index in [0.29, 0.717) is 6.04 Å². The van der Waals surface area contributed by atoms with Gasteiger partial charge in [-0.3, -0.25) is 9.67 Å². The average molecular weight is 278 g/mol. The topological polar surface area (TPSA) is 52.0 Å². The summed E-state index contributed by atoms with van der Waals surface area (Å²) in [5.41, 5.74) is 4.24. The maximum absolute atomic E-state index is 5.89. The molecule has 0 saturated carbocycles. The van der Waals surface area contributed by atoms with Crippen LogP contribution in [0.5, 0.6) is 0 Å². The van der Waals surface area contributed by atoms with Gasteiger partial charge in [0.05, 0.1) is 11.7 Å². The summed E-state index contributed by atoms with van der Waals surface area (Å²) in [6, 6.07) is 0.352. The summed E-state index contributed by atoms with van der Waals surface area (Å²) in [4.78, 5) is 5.35. The zero-order chi connectivity index (χ0) is 13.2. The van der Waals surface area contributed by atoms with E-state index in [-0.39, 0.29) is 6.10 Å². The van der Waals surface area contributed by atoms with E-state index in [1.807, 2.05) is 29.6 Å². The highest BCUT2D eigenvalue weighted by Crippen LogP contribution is 2.31. The predicted molar refractivity (Wildman–Crippen MR) is 74.0 cm³/mol. The third-order valence-electron chi connectivity index (χ3n) is 3.69. The van der Waals surface area contributed by atoms with Crippen molar-refractivity contribution in [2.45, 2.75) is 32.0 Å². The van der Waals surface area contributed by atoms with Crippen LogP contribution in [0.1, 0.15) is 28.7 Å². The molecule has 0 aliphatic carbocycles.